The number of carbonyl (C=O) groups is 2. The smallest absolute Gasteiger partial charge is 0.407 e. The minimum absolute atomic E-state index is 0.153. The van der Waals surface area contributed by atoms with E-state index in [9.17, 15) is 9.59 Å². The topological polar surface area (TPSA) is 106 Å². The second kappa shape index (κ2) is 10.2. The van der Waals surface area contributed by atoms with Crippen LogP contribution in [0.15, 0.2) is 30.3 Å². The van der Waals surface area contributed by atoms with E-state index >= 15 is 0 Å². The Morgan fingerprint density at radius 1 is 1.13 bits per heavy atom. The quantitative estimate of drug-likeness (QED) is 0.529. The lowest BCUT2D eigenvalue weighted by Gasteiger charge is -2.28. The van der Waals surface area contributed by atoms with Gasteiger partial charge in [-0.25, -0.2) is 9.78 Å². The molecule has 4 N–H and O–H groups in total. The molecule has 0 saturated heterocycles. The van der Waals surface area contributed by atoms with E-state index in [2.05, 4.69) is 15.6 Å². The predicted molar refractivity (Wildman–Crippen MR) is 118 cm³/mol. The van der Waals surface area contributed by atoms with Crippen molar-refractivity contribution >= 4 is 58.3 Å². The van der Waals surface area contributed by atoms with Gasteiger partial charge in [0.1, 0.15) is 17.1 Å². The maximum atomic E-state index is 12.6. The fourth-order valence-corrected chi connectivity index (χ4v) is 4.09. The van der Waals surface area contributed by atoms with E-state index in [0.717, 1.165) is 12.0 Å². The molecular formula is C20H21Cl3N4O3. The van der Waals surface area contributed by atoms with Gasteiger partial charge < -0.3 is 21.1 Å². The minimum Gasteiger partial charge on any atom is -0.446 e. The molecule has 10 heteroatoms. The molecule has 1 aliphatic rings. The molecule has 0 spiro atoms. The Balaban J connectivity index is 1.50. The Bertz CT molecular complexity index is 921. The van der Waals surface area contributed by atoms with Crippen molar-refractivity contribution in [2.24, 2.45) is 5.92 Å². The average molecular weight is 472 g/mol. The molecular weight excluding hydrogens is 451 g/mol. The monoisotopic (exact) mass is 470 g/mol. The fraction of sp³-hybridized carbons (Fsp3) is 0.350. The van der Waals surface area contributed by atoms with Crippen LogP contribution in [0.2, 0.25) is 15.2 Å². The van der Waals surface area contributed by atoms with E-state index in [1.807, 2.05) is 0 Å². The first-order valence-electron chi connectivity index (χ1n) is 9.42. The number of carbonyl (C=O) groups excluding carboxylic acids is 2. The van der Waals surface area contributed by atoms with Crippen LogP contribution in [0.1, 0.15) is 31.2 Å². The summed E-state index contributed by atoms with van der Waals surface area (Å²) in [6.07, 6.45) is 1.71. The summed E-state index contributed by atoms with van der Waals surface area (Å²) in [6.45, 7) is 0.235. The zero-order chi connectivity index (χ0) is 21.7. The van der Waals surface area contributed by atoms with Crippen molar-refractivity contribution in [3.63, 3.8) is 0 Å². The molecule has 3 rings (SSSR count). The molecule has 1 saturated carbocycles. The Morgan fingerprint density at radius 2 is 1.87 bits per heavy atom. The van der Waals surface area contributed by atoms with Crippen LogP contribution in [0.4, 0.5) is 16.3 Å². The summed E-state index contributed by atoms with van der Waals surface area (Å²) in [4.78, 5) is 28.7. The lowest BCUT2D eigenvalue weighted by molar-refractivity contribution is -0.122. The number of rotatable bonds is 5. The molecule has 0 aliphatic heterocycles. The van der Waals surface area contributed by atoms with Gasteiger partial charge in [-0.3, -0.25) is 4.79 Å². The zero-order valence-corrected chi connectivity index (χ0v) is 18.2. The summed E-state index contributed by atoms with van der Waals surface area (Å²) in [7, 11) is 0. The van der Waals surface area contributed by atoms with Gasteiger partial charge in [-0.1, -0.05) is 34.8 Å². The van der Waals surface area contributed by atoms with Gasteiger partial charge in [-0.2, -0.15) is 0 Å². The average Bonchev–Trinajstić information content (AvgIpc) is 2.68. The van der Waals surface area contributed by atoms with Crippen LogP contribution >= 0.6 is 34.8 Å². The number of hydrogen-bond donors (Lipinski definition) is 3. The number of ether oxygens (including phenoxy) is 1. The van der Waals surface area contributed by atoms with E-state index in [1.165, 1.54) is 0 Å². The van der Waals surface area contributed by atoms with Crippen molar-refractivity contribution in [3.8, 4) is 0 Å². The summed E-state index contributed by atoms with van der Waals surface area (Å²) in [5, 5.41) is 6.69. The highest BCUT2D eigenvalue weighted by atomic mass is 35.5. The number of alkyl carbamates (subject to hydrolysis) is 1. The van der Waals surface area contributed by atoms with Gasteiger partial charge in [0.15, 0.2) is 0 Å². The van der Waals surface area contributed by atoms with E-state index < -0.39 is 6.09 Å². The third kappa shape index (κ3) is 6.39. The Morgan fingerprint density at radius 3 is 2.57 bits per heavy atom. The third-order valence-electron chi connectivity index (χ3n) is 4.78. The molecule has 30 heavy (non-hydrogen) atoms. The van der Waals surface area contributed by atoms with Gasteiger partial charge in [0, 0.05) is 22.5 Å². The van der Waals surface area contributed by atoms with Gasteiger partial charge in [-0.15, -0.1) is 0 Å². The number of hydrogen-bond acceptors (Lipinski definition) is 5. The first-order valence-corrected chi connectivity index (χ1v) is 10.6. The number of aromatic nitrogens is 1. The minimum atomic E-state index is -0.552. The number of pyridine rings is 1. The molecule has 0 bridgehead atoms. The van der Waals surface area contributed by atoms with E-state index in [1.54, 1.807) is 30.3 Å². The number of amides is 2. The van der Waals surface area contributed by atoms with Crippen LogP contribution in [0.5, 0.6) is 0 Å². The third-order valence-corrected chi connectivity index (χ3v) is 5.43. The SMILES string of the molecule is Nc1nc(Cl)ccc1NC(=O)C1CCCC(OC(=O)NCc2cc(Cl)cc(Cl)c2)C1. The Labute approximate surface area is 189 Å². The summed E-state index contributed by atoms with van der Waals surface area (Å²) in [6, 6.07) is 8.20. The van der Waals surface area contributed by atoms with Crippen molar-refractivity contribution in [2.45, 2.75) is 38.3 Å². The first-order chi connectivity index (χ1) is 14.3. The van der Waals surface area contributed by atoms with Crippen molar-refractivity contribution in [2.75, 3.05) is 11.1 Å². The molecule has 2 unspecified atom stereocenters. The summed E-state index contributed by atoms with van der Waals surface area (Å²) < 4.78 is 5.49. The fourth-order valence-electron chi connectivity index (χ4n) is 3.36. The molecule has 2 amide bonds. The molecule has 7 nitrogen and oxygen atoms in total. The molecule has 1 fully saturated rings. The van der Waals surface area contributed by atoms with Crippen LogP contribution in [0, 0.1) is 5.92 Å². The van der Waals surface area contributed by atoms with E-state index in [-0.39, 0.29) is 35.4 Å². The molecule has 1 aliphatic carbocycles. The Hall–Kier alpha value is -2.22. The lowest BCUT2D eigenvalue weighted by Crippen LogP contribution is -2.35. The highest BCUT2D eigenvalue weighted by Gasteiger charge is 2.29. The summed E-state index contributed by atoms with van der Waals surface area (Å²) >= 11 is 17.7. The van der Waals surface area contributed by atoms with Gasteiger partial charge in [0.25, 0.3) is 0 Å². The highest BCUT2D eigenvalue weighted by Crippen LogP contribution is 2.29. The molecule has 2 aromatic rings. The molecule has 160 valence electrons. The zero-order valence-electron chi connectivity index (χ0n) is 16.0. The second-order valence-corrected chi connectivity index (χ2v) is 8.34. The number of nitrogen functional groups attached to an aromatic ring is 1. The lowest BCUT2D eigenvalue weighted by atomic mass is 9.86. The van der Waals surface area contributed by atoms with Gasteiger partial charge >= 0.3 is 6.09 Å². The van der Waals surface area contributed by atoms with Gasteiger partial charge in [0.2, 0.25) is 5.91 Å². The number of anilines is 2. The molecule has 0 radical (unpaired) electrons. The molecule has 1 aromatic carbocycles. The molecule has 2 atom stereocenters. The Kier molecular flexibility index (Phi) is 7.64. The normalized spacial score (nSPS) is 18.5. The standard InChI is InChI=1S/C20H21Cl3N4O3/c21-13-6-11(7-14(22)9-13)10-25-20(29)30-15-3-1-2-12(8-15)19(28)26-16-4-5-17(23)27-18(16)24/h4-7,9,12,15H,1-3,8,10H2,(H2,24,27)(H,25,29)(H,26,28). The largest absolute Gasteiger partial charge is 0.446 e. The molecule has 1 aromatic heterocycles. The number of benzene rings is 1. The van der Waals surface area contributed by atoms with Crippen LogP contribution in [0.3, 0.4) is 0 Å². The number of nitrogens with one attached hydrogen (secondary N) is 2. The van der Waals surface area contributed by atoms with Crippen molar-refractivity contribution < 1.29 is 14.3 Å². The highest BCUT2D eigenvalue weighted by molar-refractivity contribution is 6.34. The number of nitrogens with two attached hydrogens (primary N) is 1. The van der Waals surface area contributed by atoms with Gasteiger partial charge in [0.05, 0.1) is 5.69 Å². The van der Waals surface area contributed by atoms with Gasteiger partial charge in [-0.05, 0) is 61.6 Å². The maximum absolute atomic E-state index is 12.6. The van der Waals surface area contributed by atoms with Crippen molar-refractivity contribution in [3.05, 3.63) is 51.1 Å². The van der Waals surface area contributed by atoms with Crippen LogP contribution in [-0.2, 0) is 16.1 Å². The predicted octanol–water partition coefficient (Wildman–Crippen LogP) is 5.05. The second-order valence-electron chi connectivity index (χ2n) is 7.08. The molecule has 1 heterocycles. The number of nitrogens with zero attached hydrogens (tertiary/aromatic N) is 1. The number of halogens is 3. The van der Waals surface area contributed by atoms with E-state index in [0.29, 0.717) is 35.0 Å². The van der Waals surface area contributed by atoms with E-state index in [4.69, 9.17) is 45.3 Å². The maximum Gasteiger partial charge on any atom is 0.407 e. The van der Waals surface area contributed by atoms with Crippen LogP contribution in [-0.4, -0.2) is 23.1 Å². The first kappa shape index (κ1) is 22.5. The van der Waals surface area contributed by atoms with Crippen molar-refractivity contribution in [1.29, 1.82) is 0 Å². The van der Waals surface area contributed by atoms with Crippen LogP contribution < -0.4 is 16.4 Å². The summed E-state index contributed by atoms with van der Waals surface area (Å²) in [5.41, 5.74) is 6.96. The summed E-state index contributed by atoms with van der Waals surface area (Å²) in [5.74, 6) is -0.327. The van der Waals surface area contributed by atoms with Crippen LogP contribution in [0.25, 0.3) is 0 Å². The van der Waals surface area contributed by atoms with Crippen molar-refractivity contribution in [1.82, 2.24) is 10.3 Å².